The Hall–Kier alpha value is -0.340. The summed E-state index contributed by atoms with van der Waals surface area (Å²) in [6, 6.07) is 2.16. The molecule has 0 aliphatic rings. The van der Waals surface area contributed by atoms with Gasteiger partial charge in [0.05, 0.1) is 5.60 Å². The Bertz CT molecular complexity index is 248. The minimum atomic E-state index is -0.425. The lowest BCUT2D eigenvalue weighted by Crippen LogP contribution is -2.28. The highest BCUT2D eigenvalue weighted by molar-refractivity contribution is 7.07. The minimum absolute atomic E-state index is 0.425. The second-order valence-electron chi connectivity index (χ2n) is 4.36. The van der Waals surface area contributed by atoms with Crippen molar-refractivity contribution in [3.63, 3.8) is 0 Å². The van der Waals surface area contributed by atoms with Crippen molar-refractivity contribution in [2.24, 2.45) is 0 Å². The standard InChI is InChI=1S/C13H22OS/c1-3-7-13(14,8-4-2)9-5-12-6-10-15-11-12/h6,10-11,14H,3-5,7-9H2,1-2H3. The first-order valence-corrected chi connectivity index (χ1v) is 6.88. The summed E-state index contributed by atoms with van der Waals surface area (Å²) in [6.07, 6.45) is 5.93. The highest BCUT2D eigenvalue weighted by Gasteiger charge is 2.24. The number of aliphatic hydroxyl groups is 1. The molecule has 0 fully saturated rings. The zero-order chi connectivity index (χ0) is 11.1. The van der Waals surface area contributed by atoms with E-state index in [0.29, 0.717) is 0 Å². The summed E-state index contributed by atoms with van der Waals surface area (Å²) in [5.74, 6) is 0. The van der Waals surface area contributed by atoms with Crippen LogP contribution in [0.1, 0.15) is 51.5 Å². The molecular formula is C13H22OS. The maximum absolute atomic E-state index is 10.4. The Balaban J connectivity index is 2.43. The number of hydrogen-bond acceptors (Lipinski definition) is 2. The largest absolute Gasteiger partial charge is 0.390 e. The Morgan fingerprint density at radius 1 is 1.20 bits per heavy atom. The van der Waals surface area contributed by atoms with Crippen LogP contribution in [0, 0.1) is 0 Å². The predicted molar refractivity (Wildman–Crippen MR) is 67.4 cm³/mol. The summed E-state index contributed by atoms with van der Waals surface area (Å²) < 4.78 is 0. The Labute approximate surface area is 97.2 Å². The molecular weight excluding hydrogens is 204 g/mol. The number of rotatable bonds is 7. The van der Waals surface area contributed by atoms with Crippen molar-refractivity contribution in [2.45, 2.75) is 58.0 Å². The fourth-order valence-electron chi connectivity index (χ4n) is 2.12. The van der Waals surface area contributed by atoms with Crippen molar-refractivity contribution in [2.75, 3.05) is 0 Å². The smallest absolute Gasteiger partial charge is 0.0650 e. The van der Waals surface area contributed by atoms with Gasteiger partial charge in [-0.3, -0.25) is 0 Å². The van der Waals surface area contributed by atoms with Gasteiger partial charge in [0.15, 0.2) is 0 Å². The van der Waals surface area contributed by atoms with E-state index in [9.17, 15) is 5.11 Å². The highest BCUT2D eigenvalue weighted by atomic mass is 32.1. The van der Waals surface area contributed by atoms with Crippen LogP contribution in [-0.2, 0) is 6.42 Å². The maximum Gasteiger partial charge on any atom is 0.0650 e. The SMILES string of the molecule is CCCC(O)(CCC)CCc1ccsc1. The molecule has 86 valence electrons. The predicted octanol–water partition coefficient (Wildman–Crippen LogP) is 4.01. The van der Waals surface area contributed by atoms with Gasteiger partial charge < -0.3 is 5.11 Å². The van der Waals surface area contributed by atoms with Crippen molar-refractivity contribution in [3.8, 4) is 0 Å². The maximum atomic E-state index is 10.4. The molecule has 0 saturated heterocycles. The second-order valence-corrected chi connectivity index (χ2v) is 5.14. The molecule has 0 radical (unpaired) electrons. The van der Waals surface area contributed by atoms with Crippen molar-refractivity contribution in [1.82, 2.24) is 0 Å². The van der Waals surface area contributed by atoms with E-state index in [4.69, 9.17) is 0 Å². The van der Waals surface area contributed by atoms with Gasteiger partial charge in [0.1, 0.15) is 0 Å². The average Bonchev–Trinajstić information content (AvgIpc) is 2.68. The third kappa shape index (κ3) is 4.35. The molecule has 0 saturated carbocycles. The van der Waals surface area contributed by atoms with Gasteiger partial charge in [0, 0.05) is 0 Å². The first kappa shape index (κ1) is 12.7. The molecule has 1 nitrogen and oxygen atoms in total. The summed E-state index contributed by atoms with van der Waals surface area (Å²) in [5, 5.41) is 14.7. The van der Waals surface area contributed by atoms with Crippen molar-refractivity contribution >= 4 is 11.3 Å². The van der Waals surface area contributed by atoms with Gasteiger partial charge in [0.2, 0.25) is 0 Å². The quantitative estimate of drug-likeness (QED) is 0.744. The number of thiophene rings is 1. The van der Waals surface area contributed by atoms with E-state index in [1.807, 2.05) is 0 Å². The van der Waals surface area contributed by atoms with E-state index in [1.165, 1.54) is 5.56 Å². The number of hydrogen-bond donors (Lipinski definition) is 1. The molecule has 1 aromatic rings. The molecule has 1 aromatic heterocycles. The van der Waals surface area contributed by atoms with Gasteiger partial charge in [-0.1, -0.05) is 26.7 Å². The summed E-state index contributed by atoms with van der Waals surface area (Å²) >= 11 is 1.74. The van der Waals surface area contributed by atoms with E-state index < -0.39 is 5.60 Å². The van der Waals surface area contributed by atoms with Crippen LogP contribution in [-0.4, -0.2) is 10.7 Å². The molecule has 0 aromatic carbocycles. The van der Waals surface area contributed by atoms with Crippen LogP contribution >= 0.6 is 11.3 Å². The molecule has 15 heavy (non-hydrogen) atoms. The van der Waals surface area contributed by atoms with Crippen LogP contribution < -0.4 is 0 Å². The molecule has 0 unspecified atom stereocenters. The fourth-order valence-corrected chi connectivity index (χ4v) is 2.82. The molecule has 0 amide bonds. The molecule has 2 heteroatoms. The van der Waals surface area contributed by atoms with Gasteiger partial charge in [-0.15, -0.1) is 0 Å². The van der Waals surface area contributed by atoms with Gasteiger partial charge in [-0.2, -0.15) is 11.3 Å². The van der Waals surface area contributed by atoms with Gasteiger partial charge in [-0.05, 0) is 48.1 Å². The van der Waals surface area contributed by atoms with Crippen LogP contribution in [0.5, 0.6) is 0 Å². The zero-order valence-corrected chi connectivity index (χ0v) is 10.6. The Morgan fingerprint density at radius 3 is 2.33 bits per heavy atom. The third-order valence-corrected chi connectivity index (χ3v) is 3.62. The highest BCUT2D eigenvalue weighted by Crippen LogP contribution is 2.25. The molecule has 0 atom stereocenters. The molecule has 1 N–H and O–H groups in total. The lowest BCUT2D eigenvalue weighted by molar-refractivity contribution is 0.0132. The van der Waals surface area contributed by atoms with Crippen LogP contribution in [0.25, 0.3) is 0 Å². The lowest BCUT2D eigenvalue weighted by atomic mass is 9.87. The first-order chi connectivity index (χ1) is 7.20. The van der Waals surface area contributed by atoms with Gasteiger partial charge in [0.25, 0.3) is 0 Å². The van der Waals surface area contributed by atoms with Crippen molar-refractivity contribution in [3.05, 3.63) is 22.4 Å². The van der Waals surface area contributed by atoms with Crippen LogP contribution in [0.4, 0.5) is 0 Å². The summed E-state index contributed by atoms with van der Waals surface area (Å²) in [5.41, 5.74) is 0.941. The Morgan fingerprint density at radius 2 is 1.87 bits per heavy atom. The van der Waals surface area contributed by atoms with Crippen LogP contribution in [0.2, 0.25) is 0 Å². The van der Waals surface area contributed by atoms with E-state index in [2.05, 4.69) is 30.7 Å². The van der Waals surface area contributed by atoms with E-state index >= 15 is 0 Å². The van der Waals surface area contributed by atoms with Crippen molar-refractivity contribution < 1.29 is 5.11 Å². The average molecular weight is 226 g/mol. The second kappa shape index (κ2) is 6.29. The molecule has 1 rings (SSSR count). The van der Waals surface area contributed by atoms with Crippen LogP contribution in [0.3, 0.4) is 0 Å². The van der Waals surface area contributed by atoms with E-state index in [0.717, 1.165) is 38.5 Å². The summed E-state index contributed by atoms with van der Waals surface area (Å²) in [4.78, 5) is 0. The first-order valence-electron chi connectivity index (χ1n) is 5.93. The van der Waals surface area contributed by atoms with Gasteiger partial charge in [-0.25, -0.2) is 0 Å². The van der Waals surface area contributed by atoms with E-state index in [-0.39, 0.29) is 0 Å². The normalized spacial score (nSPS) is 11.9. The molecule has 0 aliphatic carbocycles. The molecule has 0 bridgehead atoms. The molecule has 1 heterocycles. The summed E-state index contributed by atoms with van der Waals surface area (Å²) in [6.45, 7) is 4.29. The Kier molecular flexibility index (Phi) is 5.34. The minimum Gasteiger partial charge on any atom is -0.390 e. The zero-order valence-electron chi connectivity index (χ0n) is 9.83. The number of aryl methyl sites for hydroxylation is 1. The monoisotopic (exact) mass is 226 g/mol. The molecule has 0 aliphatic heterocycles. The summed E-state index contributed by atoms with van der Waals surface area (Å²) in [7, 11) is 0. The van der Waals surface area contributed by atoms with Gasteiger partial charge >= 0.3 is 0 Å². The lowest BCUT2D eigenvalue weighted by Gasteiger charge is -2.27. The molecule has 0 spiro atoms. The fraction of sp³-hybridized carbons (Fsp3) is 0.692. The third-order valence-electron chi connectivity index (χ3n) is 2.89. The van der Waals surface area contributed by atoms with Crippen LogP contribution in [0.15, 0.2) is 16.8 Å². The van der Waals surface area contributed by atoms with E-state index in [1.54, 1.807) is 11.3 Å². The van der Waals surface area contributed by atoms with Crippen molar-refractivity contribution in [1.29, 1.82) is 0 Å². The topological polar surface area (TPSA) is 20.2 Å².